The molecule has 1 unspecified atom stereocenters. The molecular formula is C15H23N5. The zero-order chi connectivity index (χ0) is 14.1. The van der Waals surface area contributed by atoms with Gasteiger partial charge in [-0.3, -0.25) is 9.78 Å². The average Bonchev–Trinajstić information content (AvgIpc) is 3.07. The van der Waals surface area contributed by atoms with Gasteiger partial charge in [0.05, 0.1) is 11.4 Å². The van der Waals surface area contributed by atoms with Crippen molar-refractivity contribution in [2.24, 2.45) is 0 Å². The molecule has 5 heteroatoms. The van der Waals surface area contributed by atoms with Crippen LogP contribution in [0.4, 0.5) is 0 Å². The Morgan fingerprint density at radius 3 is 2.95 bits per heavy atom. The van der Waals surface area contributed by atoms with Crippen molar-refractivity contribution in [3.8, 4) is 0 Å². The number of H-pyrrole nitrogens is 1. The Kier molecular flexibility index (Phi) is 3.61. The number of rotatable bonds is 6. The summed E-state index contributed by atoms with van der Waals surface area (Å²) in [6.07, 6.45) is 4.72. The highest BCUT2D eigenvalue weighted by Crippen LogP contribution is 2.39. The third kappa shape index (κ3) is 2.77. The van der Waals surface area contributed by atoms with E-state index in [9.17, 15) is 0 Å². The molecule has 108 valence electrons. The van der Waals surface area contributed by atoms with E-state index >= 15 is 0 Å². The number of nitrogens with one attached hydrogen (secondary N) is 2. The third-order valence-electron chi connectivity index (χ3n) is 4.02. The van der Waals surface area contributed by atoms with Gasteiger partial charge in [0.15, 0.2) is 0 Å². The minimum Gasteiger partial charge on any atom is -0.304 e. The number of aromatic nitrogens is 4. The molecule has 20 heavy (non-hydrogen) atoms. The first-order valence-electron chi connectivity index (χ1n) is 7.49. The van der Waals surface area contributed by atoms with Crippen LogP contribution >= 0.6 is 0 Å². The van der Waals surface area contributed by atoms with Crippen molar-refractivity contribution >= 4 is 0 Å². The third-order valence-corrected chi connectivity index (χ3v) is 4.02. The Labute approximate surface area is 119 Å². The monoisotopic (exact) mass is 273 g/mol. The van der Waals surface area contributed by atoms with Crippen LogP contribution in [0.25, 0.3) is 0 Å². The van der Waals surface area contributed by atoms with Crippen molar-refractivity contribution in [2.45, 2.75) is 58.7 Å². The zero-order valence-electron chi connectivity index (χ0n) is 12.5. The molecule has 1 fully saturated rings. The summed E-state index contributed by atoms with van der Waals surface area (Å²) in [7, 11) is 0. The van der Waals surface area contributed by atoms with Crippen LogP contribution in [0.2, 0.25) is 0 Å². The van der Waals surface area contributed by atoms with Crippen molar-refractivity contribution in [3.63, 3.8) is 0 Å². The zero-order valence-corrected chi connectivity index (χ0v) is 12.5. The topological polar surface area (TPSA) is 58.5 Å². The number of aromatic amines is 1. The largest absolute Gasteiger partial charge is 0.304 e. The molecule has 3 rings (SSSR count). The molecule has 2 aromatic heterocycles. The van der Waals surface area contributed by atoms with E-state index in [2.05, 4.69) is 53.6 Å². The molecule has 0 radical (unpaired) electrons. The molecule has 2 aromatic rings. The summed E-state index contributed by atoms with van der Waals surface area (Å²) >= 11 is 0. The fourth-order valence-electron chi connectivity index (χ4n) is 2.55. The van der Waals surface area contributed by atoms with Crippen molar-refractivity contribution in [2.75, 3.05) is 0 Å². The van der Waals surface area contributed by atoms with Crippen molar-refractivity contribution < 1.29 is 0 Å². The second-order valence-corrected chi connectivity index (χ2v) is 5.72. The Bertz CT molecular complexity index is 579. The molecule has 2 heterocycles. The second kappa shape index (κ2) is 5.40. The number of hydrogen-bond donors (Lipinski definition) is 2. The van der Waals surface area contributed by atoms with Gasteiger partial charge in [-0.25, -0.2) is 0 Å². The standard InChI is InChI=1S/C15H23N5/c1-4-20-9-14(11(3)19-20)10(2)16-8-13-7-15(18-17-13)12-5-6-12/h7,9-10,12,16H,4-6,8H2,1-3H3,(H,17,18). The van der Waals surface area contributed by atoms with Crippen LogP contribution in [0.15, 0.2) is 12.3 Å². The molecule has 0 amide bonds. The maximum Gasteiger partial charge on any atom is 0.0656 e. The molecular weight excluding hydrogens is 250 g/mol. The van der Waals surface area contributed by atoms with Crippen LogP contribution in [0.5, 0.6) is 0 Å². The lowest BCUT2D eigenvalue weighted by Gasteiger charge is -2.12. The van der Waals surface area contributed by atoms with Gasteiger partial charge in [-0.2, -0.15) is 10.2 Å². The first-order valence-corrected chi connectivity index (χ1v) is 7.49. The van der Waals surface area contributed by atoms with Gasteiger partial charge in [0, 0.05) is 42.5 Å². The number of aryl methyl sites for hydroxylation is 2. The minimum atomic E-state index is 0.294. The first kappa shape index (κ1) is 13.4. The fraction of sp³-hybridized carbons (Fsp3) is 0.600. The lowest BCUT2D eigenvalue weighted by atomic mass is 10.1. The molecule has 1 saturated carbocycles. The SMILES string of the molecule is CCn1cc(C(C)NCc2cc(C3CC3)n[nH]2)c(C)n1. The smallest absolute Gasteiger partial charge is 0.0656 e. The van der Waals surface area contributed by atoms with E-state index in [4.69, 9.17) is 0 Å². The van der Waals surface area contributed by atoms with E-state index in [0.29, 0.717) is 12.0 Å². The Morgan fingerprint density at radius 1 is 1.50 bits per heavy atom. The van der Waals surface area contributed by atoms with Crippen molar-refractivity contribution in [1.82, 2.24) is 25.3 Å². The average molecular weight is 273 g/mol. The van der Waals surface area contributed by atoms with Gasteiger partial charge in [-0.15, -0.1) is 0 Å². The summed E-state index contributed by atoms with van der Waals surface area (Å²) in [6.45, 7) is 8.10. The molecule has 0 aliphatic heterocycles. The van der Waals surface area contributed by atoms with Crippen LogP contribution in [0, 0.1) is 6.92 Å². The predicted octanol–water partition coefficient (Wildman–Crippen LogP) is 2.66. The van der Waals surface area contributed by atoms with Crippen molar-refractivity contribution in [1.29, 1.82) is 0 Å². The molecule has 1 aliphatic carbocycles. The molecule has 0 aromatic carbocycles. The maximum atomic E-state index is 4.50. The van der Waals surface area contributed by atoms with E-state index in [1.54, 1.807) is 0 Å². The van der Waals surface area contributed by atoms with Gasteiger partial charge in [0.1, 0.15) is 0 Å². The van der Waals surface area contributed by atoms with E-state index in [1.165, 1.54) is 29.8 Å². The van der Waals surface area contributed by atoms with Crippen LogP contribution in [-0.4, -0.2) is 20.0 Å². The fourth-order valence-corrected chi connectivity index (χ4v) is 2.55. The highest BCUT2D eigenvalue weighted by molar-refractivity contribution is 5.20. The Morgan fingerprint density at radius 2 is 2.30 bits per heavy atom. The first-order chi connectivity index (χ1) is 9.67. The number of nitrogens with zero attached hydrogens (tertiary/aromatic N) is 3. The van der Waals surface area contributed by atoms with Crippen LogP contribution in [0.1, 0.15) is 61.3 Å². The van der Waals surface area contributed by atoms with E-state index in [-0.39, 0.29) is 0 Å². The summed E-state index contributed by atoms with van der Waals surface area (Å²) in [5.74, 6) is 0.711. The van der Waals surface area contributed by atoms with Gasteiger partial charge in [-0.05, 0) is 39.7 Å². The molecule has 5 nitrogen and oxygen atoms in total. The molecule has 2 N–H and O–H groups in total. The number of hydrogen-bond acceptors (Lipinski definition) is 3. The molecule has 1 atom stereocenters. The Balaban J connectivity index is 1.59. The normalized spacial score (nSPS) is 16.6. The van der Waals surface area contributed by atoms with Crippen LogP contribution in [-0.2, 0) is 13.1 Å². The summed E-state index contributed by atoms with van der Waals surface area (Å²) in [5.41, 5.74) is 4.77. The molecule has 0 spiro atoms. The highest BCUT2D eigenvalue weighted by Gasteiger charge is 2.26. The van der Waals surface area contributed by atoms with Gasteiger partial charge >= 0.3 is 0 Å². The summed E-state index contributed by atoms with van der Waals surface area (Å²) in [5, 5.41) is 15.6. The van der Waals surface area contributed by atoms with Crippen LogP contribution < -0.4 is 5.32 Å². The van der Waals surface area contributed by atoms with Gasteiger partial charge in [-0.1, -0.05) is 0 Å². The molecule has 0 bridgehead atoms. The quantitative estimate of drug-likeness (QED) is 0.850. The lowest BCUT2D eigenvalue weighted by molar-refractivity contribution is 0.564. The van der Waals surface area contributed by atoms with E-state index in [0.717, 1.165) is 18.8 Å². The van der Waals surface area contributed by atoms with Crippen LogP contribution in [0.3, 0.4) is 0 Å². The molecule has 0 saturated heterocycles. The summed E-state index contributed by atoms with van der Waals surface area (Å²) in [4.78, 5) is 0. The highest BCUT2D eigenvalue weighted by atomic mass is 15.3. The minimum absolute atomic E-state index is 0.294. The summed E-state index contributed by atoms with van der Waals surface area (Å²) < 4.78 is 1.99. The van der Waals surface area contributed by atoms with Gasteiger partial charge in [0.25, 0.3) is 0 Å². The van der Waals surface area contributed by atoms with Gasteiger partial charge in [0.2, 0.25) is 0 Å². The Hall–Kier alpha value is -1.62. The summed E-state index contributed by atoms with van der Waals surface area (Å²) in [6, 6.07) is 2.49. The second-order valence-electron chi connectivity index (χ2n) is 5.72. The molecule has 1 aliphatic rings. The predicted molar refractivity (Wildman–Crippen MR) is 78.5 cm³/mol. The van der Waals surface area contributed by atoms with Gasteiger partial charge < -0.3 is 5.32 Å². The van der Waals surface area contributed by atoms with E-state index < -0.39 is 0 Å². The van der Waals surface area contributed by atoms with E-state index in [1.807, 2.05) is 4.68 Å². The lowest BCUT2D eigenvalue weighted by Crippen LogP contribution is -2.18. The van der Waals surface area contributed by atoms with Crippen molar-refractivity contribution in [3.05, 3.63) is 34.9 Å². The maximum absolute atomic E-state index is 4.50.